The van der Waals surface area contributed by atoms with Crippen LogP contribution in [0.2, 0.25) is 0 Å². The van der Waals surface area contributed by atoms with Crippen LogP contribution in [0.5, 0.6) is 0 Å². The molecule has 88 valence electrons. The fourth-order valence-corrected chi connectivity index (χ4v) is 3.02. The lowest BCUT2D eigenvalue weighted by molar-refractivity contribution is 0.0916. The Bertz CT molecular complexity index is 346. The van der Waals surface area contributed by atoms with Crippen molar-refractivity contribution in [2.24, 2.45) is 0 Å². The monoisotopic (exact) mass is 239 g/mol. The zero-order chi connectivity index (χ0) is 11.4. The summed E-state index contributed by atoms with van der Waals surface area (Å²) >= 11 is 1.88. The van der Waals surface area contributed by atoms with Crippen molar-refractivity contribution < 1.29 is 10.2 Å². The smallest absolute Gasteiger partial charge is 0.0895 e. The third kappa shape index (κ3) is 2.77. The Morgan fingerprint density at radius 3 is 3.06 bits per heavy atom. The minimum Gasteiger partial charge on any atom is -0.394 e. The lowest BCUT2D eigenvalue weighted by atomic mass is 10.0. The summed E-state index contributed by atoms with van der Waals surface area (Å²) in [5.74, 6) is 1.10. The Labute approximate surface area is 99.9 Å². The summed E-state index contributed by atoms with van der Waals surface area (Å²) in [5.41, 5.74) is 1.31. The molecule has 3 nitrogen and oxygen atoms in total. The Morgan fingerprint density at radius 1 is 1.44 bits per heavy atom. The zero-order valence-electron chi connectivity index (χ0n) is 9.10. The molecule has 16 heavy (non-hydrogen) atoms. The second-order valence-electron chi connectivity index (χ2n) is 3.97. The highest BCUT2D eigenvalue weighted by atomic mass is 32.2. The summed E-state index contributed by atoms with van der Waals surface area (Å²) in [7, 11) is 0. The van der Waals surface area contributed by atoms with Gasteiger partial charge in [-0.15, -0.1) is 11.8 Å². The van der Waals surface area contributed by atoms with Gasteiger partial charge in [0.15, 0.2) is 0 Å². The van der Waals surface area contributed by atoms with E-state index in [0.717, 1.165) is 12.2 Å². The Balaban J connectivity index is 2.01. The quantitative estimate of drug-likeness (QED) is 0.738. The molecule has 3 N–H and O–H groups in total. The van der Waals surface area contributed by atoms with Crippen molar-refractivity contribution in [3.05, 3.63) is 29.8 Å². The van der Waals surface area contributed by atoms with Crippen LogP contribution >= 0.6 is 11.8 Å². The molecule has 0 aliphatic carbocycles. The number of aliphatic hydroxyl groups excluding tert-OH is 2. The maximum Gasteiger partial charge on any atom is 0.0895 e. The number of aliphatic hydroxyl groups is 2. The lowest BCUT2D eigenvalue weighted by Crippen LogP contribution is -2.33. The van der Waals surface area contributed by atoms with E-state index >= 15 is 0 Å². The van der Waals surface area contributed by atoms with Crippen molar-refractivity contribution >= 4 is 11.8 Å². The molecule has 2 rings (SSSR count). The Kier molecular flexibility index (Phi) is 4.23. The number of thioether (sulfide) groups is 1. The van der Waals surface area contributed by atoms with E-state index in [9.17, 15) is 5.11 Å². The highest BCUT2D eigenvalue weighted by molar-refractivity contribution is 7.99. The van der Waals surface area contributed by atoms with Crippen molar-refractivity contribution in [2.75, 3.05) is 18.9 Å². The summed E-state index contributed by atoms with van der Waals surface area (Å²) < 4.78 is 0. The molecule has 2 atom stereocenters. The number of nitrogens with one attached hydrogen (secondary N) is 1. The van der Waals surface area contributed by atoms with E-state index in [1.165, 1.54) is 10.5 Å². The third-order valence-corrected chi connectivity index (χ3v) is 3.89. The summed E-state index contributed by atoms with van der Waals surface area (Å²) in [5, 5.41) is 21.4. The van der Waals surface area contributed by atoms with Crippen molar-refractivity contribution in [3.8, 4) is 0 Å². The van der Waals surface area contributed by atoms with Crippen LogP contribution in [0.4, 0.5) is 0 Å². The Hall–Kier alpha value is -0.550. The fraction of sp³-hybridized carbons (Fsp3) is 0.500. The second-order valence-corrected chi connectivity index (χ2v) is 5.11. The largest absolute Gasteiger partial charge is 0.394 e. The minimum absolute atomic E-state index is 0.184. The van der Waals surface area contributed by atoms with E-state index in [-0.39, 0.29) is 6.61 Å². The molecule has 0 bridgehead atoms. The predicted octanol–water partition coefficient (Wildman–Crippen LogP) is 1.17. The fourth-order valence-electron chi connectivity index (χ4n) is 1.90. The first-order chi connectivity index (χ1) is 7.81. The van der Waals surface area contributed by atoms with Gasteiger partial charge in [-0.3, -0.25) is 0 Å². The number of benzene rings is 1. The number of hydrogen-bond acceptors (Lipinski definition) is 4. The van der Waals surface area contributed by atoms with Gasteiger partial charge in [0, 0.05) is 17.5 Å². The van der Waals surface area contributed by atoms with Crippen LogP contribution in [0.15, 0.2) is 29.2 Å². The van der Waals surface area contributed by atoms with Gasteiger partial charge in [-0.25, -0.2) is 0 Å². The first-order valence-corrected chi connectivity index (χ1v) is 6.54. The molecule has 0 fully saturated rings. The van der Waals surface area contributed by atoms with E-state index in [1.54, 1.807) is 0 Å². The number of rotatable bonds is 4. The summed E-state index contributed by atoms with van der Waals surface area (Å²) in [4.78, 5) is 1.32. The van der Waals surface area contributed by atoms with Crippen LogP contribution in [0.1, 0.15) is 18.0 Å². The molecule has 0 saturated heterocycles. The normalized spacial score (nSPS) is 21.5. The van der Waals surface area contributed by atoms with Gasteiger partial charge in [-0.2, -0.15) is 0 Å². The van der Waals surface area contributed by atoms with Gasteiger partial charge in [-0.1, -0.05) is 18.2 Å². The van der Waals surface area contributed by atoms with Crippen molar-refractivity contribution in [2.45, 2.75) is 23.5 Å². The molecule has 1 aliphatic rings. The molecular weight excluding hydrogens is 222 g/mol. The number of hydrogen-bond donors (Lipinski definition) is 3. The van der Waals surface area contributed by atoms with Gasteiger partial charge in [0.25, 0.3) is 0 Å². The minimum atomic E-state index is -0.665. The summed E-state index contributed by atoms with van der Waals surface area (Å²) in [6.45, 7) is 0.260. The van der Waals surface area contributed by atoms with Crippen molar-refractivity contribution in [1.82, 2.24) is 5.32 Å². The molecule has 1 aliphatic heterocycles. The van der Waals surface area contributed by atoms with E-state index in [0.29, 0.717) is 12.6 Å². The predicted molar refractivity (Wildman–Crippen MR) is 65.6 cm³/mol. The number of fused-ring (bicyclic) bond motifs is 1. The van der Waals surface area contributed by atoms with Crippen LogP contribution in [-0.2, 0) is 0 Å². The molecule has 4 heteroatoms. The van der Waals surface area contributed by atoms with Gasteiger partial charge in [0.2, 0.25) is 0 Å². The van der Waals surface area contributed by atoms with Gasteiger partial charge < -0.3 is 15.5 Å². The second kappa shape index (κ2) is 5.68. The average molecular weight is 239 g/mol. The van der Waals surface area contributed by atoms with Crippen molar-refractivity contribution in [1.29, 1.82) is 0 Å². The van der Waals surface area contributed by atoms with Gasteiger partial charge in [0.1, 0.15) is 0 Å². The lowest BCUT2D eigenvalue weighted by Gasteiger charge is -2.26. The average Bonchev–Trinajstić information content (AvgIpc) is 2.35. The molecule has 0 saturated carbocycles. The molecule has 1 aromatic rings. The van der Waals surface area contributed by atoms with E-state index in [4.69, 9.17) is 5.11 Å². The topological polar surface area (TPSA) is 52.5 Å². The Morgan fingerprint density at radius 2 is 2.25 bits per heavy atom. The molecule has 1 aromatic carbocycles. The molecule has 0 amide bonds. The molecular formula is C12H17NO2S. The van der Waals surface area contributed by atoms with Crippen LogP contribution in [0, 0.1) is 0 Å². The molecule has 1 heterocycles. The summed E-state index contributed by atoms with van der Waals surface area (Å²) in [6.07, 6.45) is 0.404. The van der Waals surface area contributed by atoms with E-state index in [2.05, 4.69) is 23.5 Å². The van der Waals surface area contributed by atoms with Crippen molar-refractivity contribution in [3.63, 3.8) is 0 Å². The van der Waals surface area contributed by atoms with E-state index in [1.807, 2.05) is 17.8 Å². The molecule has 0 spiro atoms. The third-order valence-electron chi connectivity index (χ3n) is 2.77. The van der Waals surface area contributed by atoms with Crippen LogP contribution in [0.3, 0.4) is 0 Å². The molecule has 0 radical (unpaired) electrons. The maximum absolute atomic E-state index is 9.32. The zero-order valence-corrected chi connectivity index (χ0v) is 9.91. The summed E-state index contributed by atoms with van der Waals surface area (Å²) in [6, 6.07) is 8.66. The van der Waals surface area contributed by atoms with Gasteiger partial charge >= 0.3 is 0 Å². The van der Waals surface area contributed by atoms with Gasteiger partial charge in [-0.05, 0) is 23.8 Å². The molecule has 0 aromatic heterocycles. The first kappa shape index (κ1) is 11.9. The van der Waals surface area contributed by atoms with Crippen LogP contribution in [0.25, 0.3) is 0 Å². The highest BCUT2D eigenvalue weighted by Gasteiger charge is 2.20. The maximum atomic E-state index is 9.32. The molecule has 2 unspecified atom stereocenters. The van der Waals surface area contributed by atoms with Crippen LogP contribution < -0.4 is 5.32 Å². The van der Waals surface area contributed by atoms with Gasteiger partial charge in [0.05, 0.1) is 12.7 Å². The highest BCUT2D eigenvalue weighted by Crippen LogP contribution is 2.35. The van der Waals surface area contributed by atoms with E-state index < -0.39 is 6.10 Å². The SMILES string of the molecule is OCC(O)CNC1CCSc2ccccc21. The first-order valence-electron chi connectivity index (χ1n) is 5.55. The van der Waals surface area contributed by atoms with Crippen LogP contribution in [-0.4, -0.2) is 35.2 Å². The standard InChI is InChI=1S/C12H17NO2S/c14-8-9(15)7-13-11-5-6-16-12-4-2-1-3-10(11)12/h1-4,9,11,13-15H,5-8H2.